The Morgan fingerprint density at radius 1 is 0.822 bits per heavy atom. The van der Waals surface area contributed by atoms with Crippen LogP contribution in [0.2, 0.25) is 5.02 Å². The van der Waals surface area contributed by atoms with Crippen LogP contribution in [0.5, 0.6) is 5.75 Å². The minimum Gasteiger partial charge on any atom is -0.497 e. The summed E-state index contributed by atoms with van der Waals surface area (Å²) >= 11 is 6.13. The Balaban J connectivity index is 1.80. The van der Waals surface area contributed by atoms with Gasteiger partial charge in [0.05, 0.1) is 17.7 Å². The van der Waals surface area contributed by atoms with Gasteiger partial charge in [-0.1, -0.05) is 72.3 Å². The van der Waals surface area contributed by atoms with Gasteiger partial charge >= 0.3 is 0 Å². The Bertz CT molecular complexity index is 1680. The Kier molecular flexibility index (Phi) is 10.9. The second-order valence-corrected chi connectivity index (χ2v) is 13.9. The van der Waals surface area contributed by atoms with E-state index in [1.54, 1.807) is 36.4 Å². The minimum atomic E-state index is -4.24. The van der Waals surface area contributed by atoms with E-state index in [-0.39, 0.29) is 29.5 Å². The molecule has 0 saturated heterocycles. The van der Waals surface area contributed by atoms with Crippen molar-refractivity contribution in [1.82, 2.24) is 10.2 Å². The van der Waals surface area contributed by atoms with Gasteiger partial charge in [0.2, 0.25) is 11.8 Å². The average Bonchev–Trinajstić information content (AvgIpc) is 3.02. The molecule has 4 aromatic carbocycles. The number of hydrogen-bond acceptors (Lipinski definition) is 5. The lowest BCUT2D eigenvalue weighted by Gasteiger charge is -2.35. The Labute approximate surface area is 270 Å². The highest BCUT2D eigenvalue weighted by molar-refractivity contribution is 7.92. The Hall–Kier alpha value is -4.34. The van der Waals surface area contributed by atoms with E-state index < -0.39 is 34.1 Å². The normalized spacial score (nSPS) is 12.2. The van der Waals surface area contributed by atoms with Gasteiger partial charge in [0.25, 0.3) is 10.0 Å². The number of hydrogen-bond donors (Lipinski definition) is 1. The zero-order valence-corrected chi connectivity index (χ0v) is 27.4. The van der Waals surface area contributed by atoms with Crippen molar-refractivity contribution >= 4 is 39.1 Å². The predicted molar refractivity (Wildman–Crippen MR) is 178 cm³/mol. The lowest BCUT2D eigenvalue weighted by atomic mass is 10.0. The third-order valence-corrected chi connectivity index (χ3v) is 9.05. The van der Waals surface area contributed by atoms with E-state index in [1.165, 1.54) is 24.1 Å². The SMILES string of the molecule is COc1ccc(S(=O)(=O)N(CC(=O)N(Cc2ccccc2)[C@@H](Cc2ccccc2)C(=O)NC(C)(C)C)c2ccc(Cl)cc2)cc1. The monoisotopic (exact) mass is 647 g/mol. The molecule has 236 valence electrons. The fourth-order valence-electron chi connectivity index (χ4n) is 4.80. The number of methoxy groups -OCH3 is 1. The second kappa shape index (κ2) is 14.6. The van der Waals surface area contributed by atoms with Crippen LogP contribution in [0.1, 0.15) is 31.9 Å². The number of ether oxygens (including phenoxy) is 1. The minimum absolute atomic E-state index is 0.0213. The molecular weight excluding hydrogens is 610 g/mol. The summed E-state index contributed by atoms with van der Waals surface area (Å²) in [6, 6.07) is 30.0. The topological polar surface area (TPSA) is 96.0 Å². The second-order valence-electron chi connectivity index (χ2n) is 11.6. The lowest BCUT2D eigenvalue weighted by Crippen LogP contribution is -2.56. The van der Waals surface area contributed by atoms with Gasteiger partial charge in [0.15, 0.2) is 0 Å². The van der Waals surface area contributed by atoms with Gasteiger partial charge in [-0.2, -0.15) is 0 Å². The van der Waals surface area contributed by atoms with Gasteiger partial charge in [-0.15, -0.1) is 0 Å². The maximum Gasteiger partial charge on any atom is 0.264 e. The van der Waals surface area contributed by atoms with Crippen molar-refractivity contribution in [1.29, 1.82) is 0 Å². The van der Waals surface area contributed by atoms with E-state index in [0.29, 0.717) is 10.8 Å². The number of anilines is 1. The summed E-state index contributed by atoms with van der Waals surface area (Å²) in [5.41, 5.74) is 1.34. The van der Waals surface area contributed by atoms with E-state index in [4.69, 9.17) is 16.3 Å². The number of halogens is 1. The first kappa shape index (κ1) is 33.6. The van der Waals surface area contributed by atoms with Crippen LogP contribution in [0.25, 0.3) is 0 Å². The fraction of sp³-hybridized carbons (Fsp3) is 0.257. The van der Waals surface area contributed by atoms with Gasteiger partial charge in [-0.25, -0.2) is 8.42 Å². The van der Waals surface area contributed by atoms with E-state index in [1.807, 2.05) is 81.4 Å². The number of rotatable bonds is 12. The van der Waals surface area contributed by atoms with Crippen LogP contribution >= 0.6 is 11.6 Å². The molecule has 0 heterocycles. The van der Waals surface area contributed by atoms with Crippen LogP contribution in [0.15, 0.2) is 114 Å². The molecule has 8 nitrogen and oxygen atoms in total. The van der Waals surface area contributed by atoms with E-state index >= 15 is 0 Å². The highest BCUT2D eigenvalue weighted by atomic mass is 35.5. The summed E-state index contributed by atoms with van der Waals surface area (Å²) in [6.07, 6.45) is 0.230. The molecular formula is C35H38ClN3O5S. The molecule has 0 unspecified atom stereocenters. The van der Waals surface area contributed by atoms with Crippen LogP contribution in [-0.4, -0.2) is 50.4 Å². The quantitative estimate of drug-likeness (QED) is 0.201. The molecule has 0 bridgehead atoms. The van der Waals surface area contributed by atoms with Crippen molar-refractivity contribution in [3.8, 4) is 5.75 Å². The van der Waals surface area contributed by atoms with Crippen molar-refractivity contribution < 1.29 is 22.7 Å². The third kappa shape index (κ3) is 9.09. The van der Waals surface area contributed by atoms with Crippen LogP contribution in [0.3, 0.4) is 0 Å². The maximum atomic E-state index is 14.5. The lowest BCUT2D eigenvalue weighted by molar-refractivity contribution is -0.140. The van der Waals surface area contributed by atoms with E-state index in [9.17, 15) is 18.0 Å². The molecule has 1 atom stereocenters. The smallest absolute Gasteiger partial charge is 0.264 e. The molecule has 4 aromatic rings. The number of sulfonamides is 1. The molecule has 0 saturated carbocycles. The molecule has 0 spiro atoms. The molecule has 45 heavy (non-hydrogen) atoms. The Morgan fingerprint density at radius 3 is 1.91 bits per heavy atom. The third-order valence-electron chi connectivity index (χ3n) is 7.01. The van der Waals surface area contributed by atoms with Gasteiger partial charge in [0.1, 0.15) is 18.3 Å². The van der Waals surface area contributed by atoms with Crippen molar-refractivity contribution in [2.24, 2.45) is 0 Å². The number of carbonyl (C=O) groups excluding carboxylic acids is 2. The number of nitrogens with zero attached hydrogens (tertiary/aromatic N) is 2. The van der Waals surface area contributed by atoms with E-state index in [0.717, 1.165) is 15.4 Å². The molecule has 0 radical (unpaired) electrons. The average molecular weight is 648 g/mol. The first-order valence-corrected chi connectivity index (χ1v) is 16.3. The first-order chi connectivity index (χ1) is 21.4. The molecule has 2 amide bonds. The number of amides is 2. The van der Waals surface area contributed by atoms with Crippen LogP contribution < -0.4 is 14.4 Å². The van der Waals surface area contributed by atoms with Crippen molar-refractivity contribution in [2.45, 2.75) is 50.2 Å². The predicted octanol–water partition coefficient (Wildman–Crippen LogP) is 6.10. The van der Waals surface area contributed by atoms with Crippen LogP contribution in [-0.2, 0) is 32.6 Å². The van der Waals surface area contributed by atoms with E-state index in [2.05, 4.69) is 5.32 Å². The molecule has 0 aromatic heterocycles. The molecule has 0 fully saturated rings. The molecule has 0 aliphatic carbocycles. The summed E-state index contributed by atoms with van der Waals surface area (Å²) in [4.78, 5) is 29.8. The van der Waals surface area contributed by atoms with Gasteiger partial charge < -0.3 is 15.0 Å². The zero-order valence-electron chi connectivity index (χ0n) is 25.8. The molecule has 10 heteroatoms. The maximum absolute atomic E-state index is 14.5. The summed E-state index contributed by atoms with van der Waals surface area (Å²) in [6.45, 7) is 5.15. The Morgan fingerprint density at radius 2 is 1.38 bits per heavy atom. The fourth-order valence-corrected chi connectivity index (χ4v) is 6.34. The number of nitrogens with one attached hydrogen (secondary N) is 1. The van der Waals surface area contributed by atoms with Crippen molar-refractivity contribution in [2.75, 3.05) is 18.0 Å². The van der Waals surface area contributed by atoms with Gasteiger partial charge in [0, 0.05) is 23.5 Å². The van der Waals surface area contributed by atoms with Crippen LogP contribution in [0, 0.1) is 0 Å². The molecule has 0 aliphatic heterocycles. The van der Waals surface area contributed by atoms with Gasteiger partial charge in [-0.05, 0) is 80.4 Å². The number of benzene rings is 4. The van der Waals surface area contributed by atoms with Crippen molar-refractivity contribution in [3.05, 3.63) is 125 Å². The first-order valence-electron chi connectivity index (χ1n) is 14.5. The van der Waals surface area contributed by atoms with Crippen LogP contribution in [0.4, 0.5) is 5.69 Å². The largest absolute Gasteiger partial charge is 0.497 e. The standard InChI is InChI=1S/C35H38ClN3O5S/c1-35(2,3)37-34(41)32(23-26-11-7-5-8-12-26)38(24-27-13-9-6-10-14-27)33(40)25-39(29-17-15-28(36)16-18-29)45(42,43)31-21-19-30(44-4)20-22-31/h5-22,32H,23-25H2,1-4H3,(H,37,41)/t32-/m0/s1. The molecule has 0 aliphatic rings. The summed E-state index contributed by atoms with van der Waals surface area (Å²) in [5, 5.41) is 3.44. The molecule has 4 rings (SSSR count). The summed E-state index contributed by atoms with van der Waals surface area (Å²) in [5.74, 6) is -0.395. The summed E-state index contributed by atoms with van der Waals surface area (Å²) < 4.78 is 34.5. The summed E-state index contributed by atoms with van der Waals surface area (Å²) in [7, 11) is -2.75. The highest BCUT2D eigenvalue weighted by Crippen LogP contribution is 2.27. The van der Waals surface area contributed by atoms with Crippen molar-refractivity contribution in [3.63, 3.8) is 0 Å². The zero-order chi connectivity index (χ0) is 32.6. The molecule has 1 N–H and O–H groups in total. The number of carbonyl (C=O) groups is 2. The van der Waals surface area contributed by atoms with Gasteiger partial charge in [-0.3, -0.25) is 13.9 Å². The highest BCUT2D eigenvalue weighted by Gasteiger charge is 2.35.